The number of aliphatic carboxylic acids is 1. The van der Waals surface area contributed by atoms with Crippen molar-refractivity contribution >= 4 is 17.7 Å². The van der Waals surface area contributed by atoms with Gasteiger partial charge in [0.15, 0.2) is 0 Å². The van der Waals surface area contributed by atoms with Crippen LogP contribution in [0.5, 0.6) is 5.75 Å². The summed E-state index contributed by atoms with van der Waals surface area (Å²) in [4.78, 5) is 25.7. The number of aromatic hydroxyl groups is 1. The lowest BCUT2D eigenvalue weighted by atomic mass is 10.0. The van der Waals surface area contributed by atoms with Crippen LogP contribution in [0.3, 0.4) is 0 Å². The van der Waals surface area contributed by atoms with Crippen LogP contribution in [0.25, 0.3) is 11.1 Å². The van der Waals surface area contributed by atoms with Crippen LogP contribution >= 0.6 is 0 Å². The number of benzene rings is 3. The predicted octanol–water partition coefficient (Wildman–Crippen LogP) is 4.68. The van der Waals surface area contributed by atoms with E-state index in [0.29, 0.717) is 16.8 Å². The molecule has 0 aromatic heterocycles. The van der Waals surface area contributed by atoms with Crippen molar-refractivity contribution in [2.24, 2.45) is 0 Å². The van der Waals surface area contributed by atoms with Gasteiger partial charge in [-0.3, -0.25) is 4.90 Å². The van der Waals surface area contributed by atoms with E-state index >= 15 is 0 Å². The van der Waals surface area contributed by atoms with Crippen LogP contribution in [0.2, 0.25) is 0 Å². The topological polar surface area (TPSA) is 87.1 Å². The molecule has 0 radical (unpaired) electrons. The minimum Gasteiger partial charge on any atom is -0.508 e. The number of nitrogens with zero attached hydrogens (tertiary/aromatic N) is 1. The van der Waals surface area contributed by atoms with Gasteiger partial charge in [-0.25, -0.2) is 9.59 Å². The van der Waals surface area contributed by atoms with Gasteiger partial charge >= 0.3 is 12.1 Å². The molecule has 0 saturated heterocycles. The van der Waals surface area contributed by atoms with Crippen molar-refractivity contribution in [3.8, 4) is 16.9 Å². The van der Waals surface area contributed by atoms with Crippen LogP contribution in [0.4, 0.5) is 10.5 Å². The fourth-order valence-corrected chi connectivity index (χ4v) is 2.97. The maximum atomic E-state index is 12.9. The van der Waals surface area contributed by atoms with E-state index in [1.165, 1.54) is 13.0 Å². The number of hydrogen-bond acceptors (Lipinski definition) is 4. The summed E-state index contributed by atoms with van der Waals surface area (Å²) in [6.45, 7) is 1.45. The van der Waals surface area contributed by atoms with Gasteiger partial charge in [0.2, 0.25) is 0 Å². The Balaban J connectivity index is 1.97. The lowest BCUT2D eigenvalue weighted by Crippen LogP contribution is -2.44. The van der Waals surface area contributed by atoms with E-state index in [1.54, 1.807) is 42.5 Å². The molecule has 6 heteroatoms. The molecule has 3 aromatic carbocycles. The van der Waals surface area contributed by atoms with Gasteiger partial charge in [0, 0.05) is 5.56 Å². The summed E-state index contributed by atoms with van der Waals surface area (Å²) in [5.41, 5.74) is 2.43. The molecular formula is C23H21NO5. The third-order valence-electron chi connectivity index (χ3n) is 4.47. The van der Waals surface area contributed by atoms with Crippen LogP contribution in [0.1, 0.15) is 12.5 Å². The van der Waals surface area contributed by atoms with Gasteiger partial charge in [-0.2, -0.15) is 0 Å². The zero-order valence-corrected chi connectivity index (χ0v) is 15.9. The highest BCUT2D eigenvalue weighted by Gasteiger charge is 2.30. The molecule has 3 aromatic rings. The van der Waals surface area contributed by atoms with Crippen molar-refractivity contribution in [3.05, 3.63) is 84.4 Å². The fraction of sp³-hybridized carbons (Fsp3) is 0.130. The molecule has 0 unspecified atom stereocenters. The van der Waals surface area contributed by atoms with Crippen LogP contribution < -0.4 is 4.90 Å². The number of carbonyl (C=O) groups excluding carboxylic acids is 1. The molecule has 2 N–H and O–H groups in total. The molecule has 0 aliphatic heterocycles. The molecule has 0 bridgehead atoms. The van der Waals surface area contributed by atoms with Gasteiger partial charge < -0.3 is 14.9 Å². The van der Waals surface area contributed by atoms with E-state index in [-0.39, 0.29) is 12.4 Å². The summed E-state index contributed by atoms with van der Waals surface area (Å²) >= 11 is 0. The second-order valence-corrected chi connectivity index (χ2v) is 6.49. The van der Waals surface area contributed by atoms with E-state index in [1.807, 2.05) is 30.3 Å². The Hall–Kier alpha value is -3.80. The van der Waals surface area contributed by atoms with Gasteiger partial charge in [0.25, 0.3) is 0 Å². The average molecular weight is 391 g/mol. The molecule has 1 atom stereocenters. The second kappa shape index (κ2) is 8.93. The zero-order chi connectivity index (χ0) is 20.8. The summed E-state index contributed by atoms with van der Waals surface area (Å²) in [6, 6.07) is 21.5. The number of carboxylic acid groups (broad SMARTS) is 1. The molecule has 6 nitrogen and oxygen atoms in total. The Morgan fingerprint density at radius 2 is 1.66 bits per heavy atom. The van der Waals surface area contributed by atoms with E-state index < -0.39 is 18.1 Å². The maximum Gasteiger partial charge on any atom is 0.415 e. The van der Waals surface area contributed by atoms with Crippen molar-refractivity contribution in [2.75, 3.05) is 4.90 Å². The summed E-state index contributed by atoms with van der Waals surface area (Å²) in [5, 5.41) is 19.4. The molecule has 0 heterocycles. The molecule has 29 heavy (non-hydrogen) atoms. The molecular weight excluding hydrogens is 370 g/mol. The first kappa shape index (κ1) is 19.9. The largest absolute Gasteiger partial charge is 0.508 e. The number of phenols is 1. The van der Waals surface area contributed by atoms with E-state index in [0.717, 1.165) is 10.5 Å². The standard InChI is InChI=1S/C23H21NO5/c1-16(22(26)27)24(23(28)29-15-17-8-3-2-4-9-17)21-13-6-5-12-20(21)18-10-7-11-19(25)14-18/h2-14,16,25H,15H2,1H3,(H,26,27)/t16-/m0/s1. The van der Waals surface area contributed by atoms with Crippen LogP contribution in [0.15, 0.2) is 78.9 Å². The summed E-state index contributed by atoms with van der Waals surface area (Å²) in [5.74, 6) is -1.09. The zero-order valence-electron chi connectivity index (χ0n) is 15.9. The predicted molar refractivity (Wildman–Crippen MR) is 110 cm³/mol. The molecule has 0 aliphatic carbocycles. The highest BCUT2D eigenvalue weighted by molar-refractivity contribution is 5.99. The van der Waals surface area contributed by atoms with Crippen molar-refractivity contribution in [1.82, 2.24) is 0 Å². The smallest absolute Gasteiger partial charge is 0.415 e. The molecule has 0 spiro atoms. The molecule has 3 rings (SSSR count). The fourth-order valence-electron chi connectivity index (χ4n) is 2.97. The highest BCUT2D eigenvalue weighted by Crippen LogP contribution is 2.34. The maximum absolute atomic E-state index is 12.9. The number of anilines is 1. The molecule has 1 amide bonds. The van der Waals surface area contributed by atoms with Crippen LogP contribution in [-0.2, 0) is 16.1 Å². The first-order valence-corrected chi connectivity index (χ1v) is 9.08. The summed E-state index contributed by atoms with van der Waals surface area (Å²) in [7, 11) is 0. The van der Waals surface area contributed by atoms with Crippen molar-refractivity contribution in [1.29, 1.82) is 0 Å². The van der Waals surface area contributed by atoms with Crippen LogP contribution in [-0.4, -0.2) is 28.3 Å². The highest BCUT2D eigenvalue weighted by atomic mass is 16.6. The number of para-hydroxylation sites is 1. The SMILES string of the molecule is C[C@@H](C(=O)O)N(C(=O)OCc1ccccc1)c1ccccc1-c1cccc(O)c1. The van der Waals surface area contributed by atoms with E-state index in [2.05, 4.69) is 0 Å². The third kappa shape index (κ3) is 4.73. The third-order valence-corrected chi connectivity index (χ3v) is 4.47. The molecule has 0 fully saturated rings. The number of phenolic OH excluding ortho intramolecular Hbond substituents is 1. The van der Waals surface area contributed by atoms with Gasteiger partial charge in [-0.05, 0) is 36.2 Å². The van der Waals surface area contributed by atoms with Gasteiger partial charge in [-0.1, -0.05) is 60.7 Å². The average Bonchev–Trinajstić information content (AvgIpc) is 2.73. The molecule has 0 aliphatic rings. The lowest BCUT2D eigenvalue weighted by molar-refractivity contribution is -0.138. The Labute approximate surface area is 168 Å². The van der Waals surface area contributed by atoms with E-state index in [9.17, 15) is 19.8 Å². The monoisotopic (exact) mass is 391 g/mol. The summed E-state index contributed by atoms with van der Waals surface area (Å²) < 4.78 is 5.40. The van der Waals surface area contributed by atoms with Crippen molar-refractivity contribution in [2.45, 2.75) is 19.6 Å². The van der Waals surface area contributed by atoms with Gasteiger partial charge in [0.05, 0.1) is 5.69 Å². The quantitative estimate of drug-likeness (QED) is 0.637. The summed E-state index contributed by atoms with van der Waals surface area (Å²) in [6.07, 6.45) is -0.767. The first-order valence-electron chi connectivity index (χ1n) is 9.08. The molecule has 0 saturated carbocycles. The number of rotatable bonds is 6. The van der Waals surface area contributed by atoms with Crippen molar-refractivity contribution < 1.29 is 24.5 Å². The number of carboxylic acids is 1. The number of hydrogen-bond donors (Lipinski definition) is 2. The normalized spacial score (nSPS) is 11.5. The number of ether oxygens (including phenoxy) is 1. The van der Waals surface area contributed by atoms with Gasteiger partial charge in [0.1, 0.15) is 18.4 Å². The lowest BCUT2D eigenvalue weighted by Gasteiger charge is -2.28. The Bertz CT molecular complexity index is 1000. The minimum atomic E-state index is -1.16. The van der Waals surface area contributed by atoms with Crippen molar-refractivity contribution in [3.63, 3.8) is 0 Å². The number of amides is 1. The van der Waals surface area contributed by atoms with Crippen LogP contribution in [0, 0.1) is 0 Å². The second-order valence-electron chi connectivity index (χ2n) is 6.49. The first-order chi connectivity index (χ1) is 14.0. The van der Waals surface area contributed by atoms with Gasteiger partial charge in [-0.15, -0.1) is 0 Å². The Morgan fingerprint density at radius 3 is 2.34 bits per heavy atom. The van der Waals surface area contributed by atoms with E-state index in [4.69, 9.17) is 4.74 Å². The minimum absolute atomic E-state index is 0.0246. The molecule has 148 valence electrons. The number of carbonyl (C=O) groups is 2. The Kier molecular flexibility index (Phi) is 6.14. The Morgan fingerprint density at radius 1 is 0.966 bits per heavy atom.